The van der Waals surface area contributed by atoms with Gasteiger partial charge in [0.05, 0.1) is 5.01 Å². The van der Waals surface area contributed by atoms with Crippen LogP contribution in [-0.4, -0.2) is 36.4 Å². The number of hydrogen-bond acceptors (Lipinski definition) is 5. The summed E-state index contributed by atoms with van der Waals surface area (Å²) in [5, 5.41) is 6.05. The van der Waals surface area contributed by atoms with Crippen LogP contribution in [0.4, 0.5) is 5.69 Å². The molecule has 2 rings (SSSR count). The van der Waals surface area contributed by atoms with Crippen LogP contribution < -0.4 is 11.1 Å². The van der Waals surface area contributed by atoms with E-state index in [4.69, 9.17) is 17.3 Å². The second kappa shape index (κ2) is 7.69. The number of benzene rings is 1. The predicted molar refractivity (Wildman–Crippen MR) is 91.7 cm³/mol. The molecule has 0 saturated heterocycles. The fourth-order valence-electron chi connectivity index (χ4n) is 1.94. The number of nitrogens with one attached hydrogen (secondary N) is 1. The van der Waals surface area contributed by atoms with Gasteiger partial charge in [-0.2, -0.15) is 0 Å². The van der Waals surface area contributed by atoms with Crippen molar-refractivity contribution in [1.29, 1.82) is 0 Å². The van der Waals surface area contributed by atoms with E-state index in [9.17, 15) is 4.79 Å². The van der Waals surface area contributed by atoms with Gasteiger partial charge in [-0.25, -0.2) is 4.98 Å². The lowest BCUT2D eigenvalue weighted by Crippen LogP contribution is -2.14. The Morgan fingerprint density at radius 2 is 2.23 bits per heavy atom. The Labute approximate surface area is 139 Å². The van der Waals surface area contributed by atoms with Crippen molar-refractivity contribution >= 4 is 34.5 Å². The predicted octanol–water partition coefficient (Wildman–Crippen LogP) is 2.61. The number of carbonyl (C=O) groups is 1. The van der Waals surface area contributed by atoms with E-state index in [0.29, 0.717) is 29.4 Å². The maximum Gasteiger partial charge on any atom is 0.275 e. The molecule has 5 nitrogen and oxygen atoms in total. The Morgan fingerprint density at radius 3 is 2.86 bits per heavy atom. The summed E-state index contributed by atoms with van der Waals surface area (Å²) in [6, 6.07) is 5.51. The molecule has 0 aliphatic carbocycles. The largest absolute Gasteiger partial charge is 0.330 e. The average Bonchev–Trinajstić information content (AvgIpc) is 2.91. The minimum absolute atomic E-state index is 0.240. The highest BCUT2D eigenvalue weighted by Crippen LogP contribution is 2.22. The van der Waals surface area contributed by atoms with Gasteiger partial charge in [-0.05, 0) is 38.3 Å². The highest BCUT2D eigenvalue weighted by atomic mass is 35.5. The molecule has 22 heavy (non-hydrogen) atoms. The molecule has 0 unspecified atom stereocenters. The standard InChI is InChI=1S/C15H19ClN4OS/c1-20(2)8-10-3-4-11(7-12(10)16)18-15(21)13-9-22-14(19-13)5-6-17/h3-4,7,9H,5-6,8,17H2,1-2H3,(H,18,21). The molecule has 3 N–H and O–H groups in total. The molecule has 0 fully saturated rings. The van der Waals surface area contributed by atoms with Gasteiger partial charge in [0.15, 0.2) is 0 Å². The molecule has 2 aromatic rings. The molecule has 7 heteroatoms. The maximum atomic E-state index is 12.2. The number of hydrogen-bond donors (Lipinski definition) is 2. The van der Waals surface area contributed by atoms with Crippen LogP contribution in [0.15, 0.2) is 23.6 Å². The SMILES string of the molecule is CN(C)Cc1ccc(NC(=O)c2csc(CCN)n2)cc1Cl. The molecule has 1 aromatic heterocycles. The van der Waals surface area contributed by atoms with E-state index in [1.54, 1.807) is 11.4 Å². The zero-order valence-corrected chi connectivity index (χ0v) is 14.2. The number of nitrogens with two attached hydrogens (primary N) is 1. The van der Waals surface area contributed by atoms with Crippen LogP contribution >= 0.6 is 22.9 Å². The summed E-state index contributed by atoms with van der Waals surface area (Å²) in [6.07, 6.45) is 0.684. The highest BCUT2D eigenvalue weighted by molar-refractivity contribution is 7.09. The van der Waals surface area contributed by atoms with Crippen LogP contribution in [0.2, 0.25) is 5.02 Å². The number of halogens is 1. The number of anilines is 1. The number of nitrogens with zero attached hydrogens (tertiary/aromatic N) is 2. The zero-order chi connectivity index (χ0) is 16.1. The highest BCUT2D eigenvalue weighted by Gasteiger charge is 2.12. The second-order valence-electron chi connectivity index (χ2n) is 5.16. The van der Waals surface area contributed by atoms with Crippen LogP contribution in [0, 0.1) is 0 Å². The van der Waals surface area contributed by atoms with Gasteiger partial charge in [0, 0.05) is 29.1 Å². The van der Waals surface area contributed by atoms with Gasteiger partial charge in [0.2, 0.25) is 0 Å². The van der Waals surface area contributed by atoms with Crippen molar-refractivity contribution in [3.05, 3.63) is 44.9 Å². The number of thiazole rings is 1. The Kier molecular flexibility index (Phi) is 5.90. The molecular formula is C15H19ClN4OS. The van der Waals surface area contributed by atoms with E-state index in [1.807, 2.05) is 31.1 Å². The van der Waals surface area contributed by atoms with Gasteiger partial charge in [-0.3, -0.25) is 4.79 Å². The van der Waals surface area contributed by atoms with Gasteiger partial charge in [0.1, 0.15) is 5.69 Å². The first-order chi connectivity index (χ1) is 10.5. The number of amides is 1. The fourth-order valence-corrected chi connectivity index (χ4v) is 2.98. The first kappa shape index (κ1) is 16.9. The lowest BCUT2D eigenvalue weighted by Gasteiger charge is -2.12. The summed E-state index contributed by atoms with van der Waals surface area (Å²) >= 11 is 7.68. The lowest BCUT2D eigenvalue weighted by molar-refractivity contribution is 0.102. The lowest BCUT2D eigenvalue weighted by atomic mass is 10.2. The van der Waals surface area contributed by atoms with E-state index in [1.165, 1.54) is 11.3 Å². The van der Waals surface area contributed by atoms with Crippen LogP contribution in [0.25, 0.3) is 0 Å². The van der Waals surface area contributed by atoms with Crippen molar-refractivity contribution in [1.82, 2.24) is 9.88 Å². The Balaban J connectivity index is 2.06. The number of rotatable bonds is 6. The number of carbonyl (C=O) groups excluding carboxylic acids is 1. The topological polar surface area (TPSA) is 71.2 Å². The first-order valence-corrected chi connectivity index (χ1v) is 8.14. The minimum Gasteiger partial charge on any atom is -0.330 e. The van der Waals surface area contributed by atoms with Gasteiger partial charge in [-0.15, -0.1) is 11.3 Å². The van der Waals surface area contributed by atoms with Crippen LogP contribution in [-0.2, 0) is 13.0 Å². The van der Waals surface area contributed by atoms with Crippen molar-refractivity contribution < 1.29 is 4.79 Å². The van der Waals surface area contributed by atoms with Crippen molar-refractivity contribution in [3.63, 3.8) is 0 Å². The summed E-state index contributed by atoms with van der Waals surface area (Å²) in [7, 11) is 3.96. The average molecular weight is 339 g/mol. The summed E-state index contributed by atoms with van der Waals surface area (Å²) < 4.78 is 0. The molecule has 1 amide bonds. The van der Waals surface area contributed by atoms with E-state index < -0.39 is 0 Å². The monoisotopic (exact) mass is 338 g/mol. The molecule has 0 aliphatic heterocycles. The van der Waals surface area contributed by atoms with Gasteiger partial charge in [0.25, 0.3) is 5.91 Å². The molecule has 1 aromatic carbocycles. The Hall–Kier alpha value is -1.47. The molecule has 118 valence electrons. The van der Waals surface area contributed by atoms with E-state index >= 15 is 0 Å². The molecule has 0 aliphatic rings. The van der Waals surface area contributed by atoms with Crippen LogP contribution in [0.5, 0.6) is 0 Å². The number of aromatic nitrogens is 1. The first-order valence-electron chi connectivity index (χ1n) is 6.88. The van der Waals surface area contributed by atoms with Crippen molar-refractivity contribution in [2.75, 3.05) is 26.0 Å². The van der Waals surface area contributed by atoms with Crippen LogP contribution in [0.3, 0.4) is 0 Å². The third-order valence-electron chi connectivity index (χ3n) is 2.94. The summed E-state index contributed by atoms with van der Waals surface area (Å²) in [5.74, 6) is -0.240. The molecular weight excluding hydrogens is 320 g/mol. The zero-order valence-electron chi connectivity index (χ0n) is 12.6. The summed E-state index contributed by atoms with van der Waals surface area (Å²) in [5.41, 5.74) is 7.56. The molecule has 1 heterocycles. The summed E-state index contributed by atoms with van der Waals surface area (Å²) in [6.45, 7) is 1.28. The second-order valence-corrected chi connectivity index (χ2v) is 6.51. The molecule has 0 radical (unpaired) electrons. The summed E-state index contributed by atoms with van der Waals surface area (Å²) in [4.78, 5) is 18.5. The van der Waals surface area contributed by atoms with Gasteiger partial charge < -0.3 is 16.0 Å². The third-order valence-corrected chi connectivity index (χ3v) is 4.20. The normalized spacial score (nSPS) is 11.0. The molecule has 0 saturated carbocycles. The molecule has 0 atom stereocenters. The fraction of sp³-hybridized carbons (Fsp3) is 0.333. The minimum atomic E-state index is -0.240. The molecule has 0 bridgehead atoms. The van der Waals surface area contributed by atoms with Crippen molar-refractivity contribution in [2.45, 2.75) is 13.0 Å². The van der Waals surface area contributed by atoms with Gasteiger partial charge >= 0.3 is 0 Å². The Bertz CT molecular complexity index is 657. The van der Waals surface area contributed by atoms with E-state index in [-0.39, 0.29) is 5.91 Å². The van der Waals surface area contributed by atoms with Crippen molar-refractivity contribution in [3.8, 4) is 0 Å². The quantitative estimate of drug-likeness (QED) is 0.849. The Morgan fingerprint density at radius 1 is 1.45 bits per heavy atom. The van der Waals surface area contributed by atoms with Crippen LogP contribution in [0.1, 0.15) is 21.1 Å². The van der Waals surface area contributed by atoms with E-state index in [2.05, 4.69) is 10.3 Å². The smallest absolute Gasteiger partial charge is 0.275 e. The molecule has 0 spiro atoms. The van der Waals surface area contributed by atoms with E-state index in [0.717, 1.165) is 17.1 Å². The van der Waals surface area contributed by atoms with Crippen molar-refractivity contribution in [2.24, 2.45) is 5.73 Å². The third kappa shape index (κ3) is 4.51. The maximum absolute atomic E-state index is 12.2. The van der Waals surface area contributed by atoms with Gasteiger partial charge in [-0.1, -0.05) is 17.7 Å².